The lowest BCUT2D eigenvalue weighted by atomic mass is 9.51. The molecule has 0 aromatic heterocycles. The van der Waals surface area contributed by atoms with Gasteiger partial charge in [-0.2, -0.15) is 0 Å². The molecule has 0 spiro atoms. The summed E-state index contributed by atoms with van der Waals surface area (Å²) in [6.07, 6.45) is 0. The molecule has 6 nitrogen and oxygen atoms in total. The van der Waals surface area contributed by atoms with Gasteiger partial charge >= 0.3 is 0 Å². The van der Waals surface area contributed by atoms with Gasteiger partial charge in [0.25, 0.3) is 0 Å². The summed E-state index contributed by atoms with van der Waals surface area (Å²) < 4.78 is 22.8. The summed E-state index contributed by atoms with van der Waals surface area (Å²) in [5, 5.41) is 0. The monoisotopic (exact) mass is 580 g/mol. The third-order valence-electron chi connectivity index (χ3n) is 10.4. The first-order valence-electron chi connectivity index (χ1n) is 14.8. The minimum atomic E-state index is -0.382. The highest BCUT2D eigenvalue weighted by Gasteiger charge is 2.57. The van der Waals surface area contributed by atoms with Crippen molar-refractivity contribution in [3.05, 3.63) is 140 Å². The van der Waals surface area contributed by atoms with E-state index in [0.717, 1.165) is 44.5 Å². The zero-order chi connectivity index (χ0) is 30.0. The van der Waals surface area contributed by atoms with Gasteiger partial charge in [-0.1, -0.05) is 48.5 Å². The van der Waals surface area contributed by atoms with E-state index >= 15 is 9.59 Å². The average Bonchev–Trinajstić information content (AvgIpc) is 3.08. The van der Waals surface area contributed by atoms with Crippen molar-refractivity contribution in [3.8, 4) is 23.0 Å². The smallest absolute Gasteiger partial charge is 0.187 e. The van der Waals surface area contributed by atoms with Gasteiger partial charge in [-0.3, -0.25) is 9.59 Å². The molecule has 4 aromatic rings. The molecule has 4 atom stereocenters. The van der Waals surface area contributed by atoms with Crippen molar-refractivity contribution in [2.24, 2.45) is 0 Å². The van der Waals surface area contributed by atoms with Crippen molar-refractivity contribution in [1.29, 1.82) is 0 Å². The molecular formula is C38H28O6. The van der Waals surface area contributed by atoms with Crippen LogP contribution in [0, 0.1) is 0 Å². The highest BCUT2D eigenvalue weighted by Crippen LogP contribution is 2.65. The van der Waals surface area contributed by atoms with Crippen molar-refractivity contribution in [2.45, 2.75) is 23.7 Å². The topological polar surface area (TPSA) is 71.1 Å². The van der Waals surface area contributed by atoms with E-state index in [9.17, 15) is 0 Å². The normalized spacial score (nSPS) is 22.9. The lowest BCUT2D eigenvalue weighted by Gasteiger charge is -2.49. The number of hydrogen-bond acceptors (Lipinski definition) is 6. The van der Waals surface area contributed by atoms with Gasteiger partial charge in [0.2, 0.25) is 0 Å². The Hall–Kier alpha value is -5.10. The molecule has 0 saturated carbocycles. The first-order chi connectivity index (χ1) is 21.5. The molecule has 4 bridgehead atoms. The Kier molecular flexibility index (Phi) is 5.04. The van der Waals surface area contributed by atoms with E-state index in [2.05, 4.69) is 24.3 Å². The molecule has 0 heterocycles. The number of carbonyl (C=O) groups excluding carboxylic acids is 2. The summed E-state index contributed by atoms with van der Waals surface area (Å²) in [6.45, 7) is 0. The van der Waals surface area contributed by atoms with Gasteiger partial charge in [0.05, 0.1) is 28.4 Å². The molecule has 0 radical (unpaired) electrons. The lowest BCUT2D eigenvalue weighted by Crippen LogP contribution is -2.43. The Morgan fingerprint density at radius 1 is 0.386 bits per heavy atom. The van der Waals surface area contributed by atoms with Crippen LogP contribution >= 0.6 is 0 Å². The minimum absolute atomic E-state index is 0.0375. The van der Waals surface area contributed by atoms with E-state index in [1.165, 1.54) is 0 Å². The van der Waals surface area contributed by atoms with E-state index < -0.39 is 0 Å². The molecular weight excluding hydrogens is 552 g/mol. The molecule has 7 aliphatic carbocycles. The van der Waals surface area contributed by atoms with Crippen molar-refractivity contribution < 1.29 is 28.5 Å². The fraction of sp³-hybridized carbons (Fsp3) is 0.211. The maximum Gasteiger partial charge on any atom is 0.187 e. The quantitative estimate of drug-likeness (QED) is 0.262. The fourth-order valence-electron chi connectivity index (χ4n) is 8.73. The Bertz CT molecular complexity index is 1790. The molecule has 4 aromatic carbocycles. The van der Waals surface area contributed by atoms with Crippen LogP contribution in [-0.4, -0.2) is 40.0 Å². The maximum atomic E-state index is 15.1. The third kappa shape index (κ3) is 2.86. The van der Waals surface area contributed by atoms with Crippen LogP contribution in [0.3, 0.4) is 0 Å². The first-order valence-corrected chi connectivity index (χ1v) is 14.8. The summed E-state index contributed by atoms with van der Waals surface area (Å²) in [4.78, 5) is 30.3. The molecule has 2 unspecified atom stereocenters. The van der Waals surface area contributed by atoms with E-state index in [4.69, 9.17) is 18.9 Å². The number of Topliss-reactive ketones (excluding diaryl/α,β-unsaturated/α-hetero) is 2. The lowest BCUT2D eigenvalue weighted by molar-refractivity contribution is -0.117. The second-order valence-electron chi connectivity index (χ2n) is 12.0. The van der Waals surface area contributed by atoms with Crippen LogP contribution in [0.5, 0.6) is 23.0 Å². The third-order valence-corrected chi connectivity index (χ3v) is 10.4. The molecule has 7 aliphatic rings. The van der Waals surface area contributed by atoms with Crippen molar-refractivity contribution >= 4 is 11.6 Å². The van der Waals surface area contributed by atoms with Crippen LogP contribution in [-0.2, 0) is 9.59 Å². The summed E-state index contributed by atoms with van der Waals surface area (Å²) in [6, 6.07) is 24.3. The number of carbonyl (C=O) groups is 2. The van der Waals surface area contributed by atoms with E-state index in [-0.39, 0.29) is 35.2 Å². The number of benzene rings is 4. The molecule has 6 heteroatoms. The van der Waals surface area contributed by atoms with Gasteiger partial charge in [-0.15, -0.1) is 0 Å². The second-order valence-corrected chi connectivity index (χ2v) is 12.0. The van der Waals surface area contributed by atoms with Crippen LogP contribution in [0.25, 0.3) is 0 Å². The zero-order valence-electron chi connectivity index (χ0n) is 24.7. The zero-order valence-corrected chi connectivity index (χ0v) is 24.7. The van der Waals surface area contributed by atoms with Crippen LogP contribution in [0.1, 0.15) is 68.2 Å². The van der Waals surface area contributed by atoms with Crippen LogP contribution < -0.4 is 18.9 Å². The first kappa shape index (κ1) is 25.4. The van der Waals surface area contributed by atoms with Gasteiger partial charge in [-0.05, 0) is 68.8 Å². The standard InChI is InChI=1S/C38H28O6/c1-41-25-13-21-22(14-26(25)42-2)30-18-10-6-5-9-17(18)29(21)33-34(30)38(40)36-32-20-12-8-7-11-19(20)31(35(36)37(33)39)23-15-27(43-3)28(44-4)16-24(23)32/h5-16,29-32H,1-4H3/t29-,30?,31+,32?. The number of rotatable bonds is 4. The highest BCUT2D eigenvalue weighted by molar-refractivity contribution is 6.30. The van der Waals surface area contributed by atoms with E-state index in [0.29, 0.717) is 45.3 Å². The summed E-state index contributed by atoms with van der Waals surface area (Å²) in [5.74, 6) is 0.816. The largest absolute Gasteiger partial charge is 0.493 e. The van der Waals surface area contributed by atoms with Crippen LogP contribution in [0.15, 0.2) is 95.1 Å². The van der Waals surface area contributed by atoms with Crippen molar-refractivity contribution in [3.63, 3.8) is 0 Å². The Labute approximate surface area is 254 Å². The number of allylic oxidation sites excluding steroid dienone is 4. The van der Waals surface area contributed by atoms with Crippen LogP contribution in [0.2, 0.25) is 0 Å². The number of methoxy groups -OCH3 is 4. The van der Waals surface area contributed by atoms with Crippen LogP contribution in [0.4, 0.5) is 0 Å². The number of ketones is 2. The van der Waals surface area contributed by atoms with Crippen molar-refractivity contribution in [1.82, 2.24) is 0 Å². The molecule has 11 rings (SSSR count). The molecule has 0 fully saturated rings. The number of hydrogen-bond donors (Lipinski definition) is 0. The Morgan fingerprint density at radius 3 is 0.818 bits per heavy atom. The highest BCUT2D eigenvalue weighted by atomic mass is 16.5. The molecule has 0 aliphatic heterocycles. The molecule has 44 heavy (non-hydrogen) atoms. The van der Waals surface area contributed by atoms with Gasteiger partial charge < -0.3 is 18.9 Å². The van der Waals surface area contributed by atoms with E-state index in [1.807, 2.05) is 48.5 Å². The average molecular weight is 581 g/mol. The molecule has 0 saturated heterocycles. The molecule has 0 amide bonds. The van der Waals surface area contributed by atoms with Gasteiger partial charge in [0.1, 0.15) is 0 Å². The predicted molar refractivity (Wildman–Crippen MR) is 163 cm³/mol. The summed E-state index contributed by atoms with van der Waals surface area (Å²) in [5.41, 5.74) is 10.6. The predicted octanol–water partition coefficient (Wildman–Crippen LogP) is 6.35. The minimum Gasteiger partial charge on any atom is -0.493 e. The molecule has 216 valence electrons. The summed E-state index contributed by atoms with van der Waals surface area (Å²) >= 11 is 0. The maximum absolute atomic E-state index is 15.1. The SMILES string of the molecule is COc1cc2c(cc1OC)[C@@H]1C3=C(C(=O)C4=C(C3=O)[C@H]3c5ccccc5C4c4cc(OC)c(OC)cc43)C2c2ccccc21. The van der Waals surface area contributed by atoms with E-state index in [1.54, 1.807) is 28.4 Å². The number of ether oxygens (including phenoxy) is 4. The summed E-state index contributed by atoms with van der Waals surface area (Å²) in [7, 11) is 6.47. The van der Waals surface area contributed by atoms with Gasteiger partial charge in [-0.25, -0.2) is 0 Å². The van der Waals surface area contributed by atoms with Gasteiger partial charge in [0.15, 0.2) is 34.6 Å². The Morgan fingerprint density at radius 2 is 0.614 bits per heavy atom. The molecule has 0 N–H and O–H groups in total. The Balaban J connectivity index is 1.31. The van der Waals surface area contributed by atoms with Crippen molar-refractivity contribution in [2.75, 3.05) is 28.4 Å². The fourth-order valence-corrected chi connectivity index (χ4v) is 8.73. The second kappa shape index (κ2) is 8.73. The van der Waals surface area contributed by atoms with Gasteiger partial charge in [0, 0.05) is 46.0 Å².